The molecule has 2 fully saturated rings. The van der Waals surface area contributed by atoms with E-state index in [4.69, 9.17) is 23.7 Å². The molecule has 0 radical (unpaired) electrons. The van der Waals surface area contributed by atoms with Gasteiger partial charge in [0.05, 0.1) is 26.9 Å². The van der Waals surface area contributed by atoms with Gasteiger partial charge in [-0.25, -0.2) is 4.79 Å². The molecule has 1 amide bonds. The third-order valence-corrected chi connectivity index (χ3v) is 5.30. The molecule has 31 heavy (non-hydrogen) atoms. The van der Waals surface area contributed by atoms with Gasteiger partial charge in [0, 0.05) is 5.69 Å². The number of carbonyl (C=O) groups excluding carboxylic acids is 2. The minimum absolute atomic E-state index is 0.0537. The molecular formula is C22H29NO8. The van der Waals surface area contributed by atoms with Crippen LogP contribution < -0.4 is 9.64 Å². The lowest BCUT2D eigenvalue weighted by molar-refractivity contribution is -0.207. The van der Waals surface area contributed by atoms with E-state index in [1.807, 2.05) is 0 Å². The van der Waals surface area contributed by atoms with Gasteiger partial charge in [-0.1, -0.05) is 6.08 Å². The van der Waals surface area contributed by atoms with Crippen molar-refractivity contribution in [3.8, 4) is 5.75 Å². The van der Waals surface area contributed by atoms with Crippen LogP contribution in [-0.2, 0) is 28.5 Å². The van der Waals surface area contributed by atoms with Crippen LogP contribution in [0.25, 0.3) is 0 Å². The van der Waals surface area contributed by atoms with Crippen molar-refractivity contribution < 1.29 is 38.4 Å². The van der Waals surface area contributed by atoms with Crippen LogP contribution in [0.4, 0.5) is 5.69 Å². The average molecular weight is 435 g/mol. The molecule has 9 nitrogen and oxygen atoms in total. The second-order valence-electron chi connectivity index (χ2n) is 7.76. The first-order chi connectivity index (χ1) is 14.7. The van der Waals surface area contributed by atoms with E-state index >= 15 is 0 Å². The Morgan fingerprint density at radius 3 is 2.58 bits per heavy atom. The van der Waals surface area contributed by atoms with E-state index in [9.17, 15) is 14.7 Å². The first-order valence-corrected chi connectivity index (χ1v) is 10.1. The van der Waals surface area contributed by atoms with Crippen LogP contribution in [0.2, 0.25) is 0 Å². The Morgan fingerprint density at radius 1 is 1.39 bits per heavy atom. The summed E-state index contributed by atoms with van der Waals surface area (Å²) >= 11 is 0. The minimum Gasteiger partial charge on any atom is -0.497 e. The molecule has 0 aliphatic carbocycles. The van der Waals surface area contributed by atoms with Crippen LogP contribution in [0.5, 0.6) is 5.75 Å². The SMILES string of the molecule is C=CCO[C@@H](C(=O)OCC)[C@]1(O)C(=O)N(c2ccc(OC)cc2)[C@H]1C1COC(C)(C)O1. The van der Waals surface area contributed by atoms with Crippen molar-refractivity contribution in [2.45, 2.75) is 50.4 Å². The summed E-state index contributed by atoms with van der Waals surface area (Å²) in [5.41, 5.74) is -1.69. The van der Waals surface area contributed by atoms with E-state index in [1.54, 1.807) is 45.0 Å². The fraction of sp³-hybridized carbons (Fsp3) is 0.545. The number of nitrogens with zero attached hydrogens (tertiary/aromatic N) is 1. The molecule has 2 heterocycles. The molecule has 0 saturated carbocycles. The maximum absolute atomic E-state index is 13.3. The van der Waals surface area contributed by atoms with E-state index < -0.39 is 41.5 Å². The summed E-state index contributed by atoms with van der Waals surface area (Å²) in [5.74, 6) is -1.82. The number of hydrogen-bond acceptors (Lipinski definition) is 8. The van der Waals surface area contributed by atoms with Gasteiger partial charge in [-0.3, -0.25) is 4.79 Å². The van der Waals surface area contributed by atoms with Gasteiger partial charge in [0.1, 0.15) is 17.9 Å². The number of anilines is 1. The highest BCUT2D eigenvalue weighted by atomic mass is 16.7. The molecule has 1 aromatic rings. The van der Waals surface area contributed by atoms with Crippen LogP contribution in [0.1, 0.15) is 20.8 Å². The number of β-lactam (4-membered cyclic amide) rings is 1. The number of benzene rings is 1. The third kappa shape index (κ3) is 4.18. The minimum atomic E-state index is -2.20. The summed E-state index contributed by atoms with van der Waals surface area (Å²) in [5, 5.41) is 11.6. The molecule has 3 rings (SSSR count). The Morgan fingerprint density at radius 2 is 2.06 bits per heavy atom. The van der Waals surface area contributed by atoms with Crippen LogP contribution in [0.3, 0.4) is 0 Å². The van der Waals surface area contributed by atoms with Crippen molar-refractivity contribution in [2.24, 2.45) is 0 Å². The number of amides is 1. The zero-order chi connectivity index (χ0) is 22.8. The molecule has 0 bridgehead atoms. The first kappa shape index (κ1) is 23.2. The number of esters is 1. The summed E-state index contributed by atoms with van der Waals surface area (Å²) in [6.07, 6.45) is -0.832. The Kier molecular flexibility index (Phi) is 6.70. The lowest BCUT2D eigenvalue weighted by atomic mass is 9.74. The summed E-state index contributed by atoms with van der Waals surface area (Å²) in [6, 6.07) is 5.82. The number of methoxy groups -OCH3 is 1. The summed E-state index contributed by atoms with van der Waals surface area (Å²) in [7, 11) is 1.54. The van der Waals surface area contributed by atoms with Crippen molar-refractivity contribution in [3.05, 3.63) is 36.9 Å². The van der Waals surface area contributed by atoms with Crippen molar-refractivity contribution in [2.75, 3.05) is 31.8 Å². The molecular weight excluding hydrogens is 406 g/mol. The monoisotopic (exact) mass is 435 g/mol. The quantitative estimate of drug-likeness (QED) is 0.353. The van der Waals surface area contributed by atoms with E-state index in [0.717, 1.165) is 0 Å². The van der Waals surface area contributed by atoms with Gasteiger partial charge in [-0.05, 0) is 45.0 Å². The Bertz CT molecular complexity index is 823. The fourth-order valence-electron chi connectivity index (χ4n) is 3.94. The number of aliphatic hydroxyl groups is 1. The van der Waals surface area contributed by atoms with Crippen molar-refractivity contribution in [1.82, 2.24) is 0 Å². The van der Waals surface area contributed by atoms with Crippen LogP contribution >= 0.6 is 0 Å². The number of rotatable bonds is 9. The molecule has 2 aliphatic rings. The van der Waals surface area contributed by atoms with E-state index in [1.165, 1.54) is 18.1 Å². The zero-order valence-corrected chi connectivity index (χ0v) is 18.2. The largest absolute Gasteiger partial charge is 0.497 e. The molecule has 4 atom stereocenters. The lowest BCUT2D eigenvalue weighted by Crippen LogP contribution is -2.83. The smallest absolute Gasteiger partial charge is 0.338 e. The van der Waals surface area contributed by atoms with Gasteiger partial charge in [-0.2, -0.15) is 0 Å². The Balaban J connectivity index is 2.01. The fourth-order valence-corrected chi connectivity index (χ4v) is 3.94. The van der Waals surface area contributed by atoms with Crippen LogP contribution in [0.15, 0.2) is 36.9 Å². The molecule has 1 aromatic carbocycles. The highest BCUT2D eigenvalue weighted by molar-refractivity contribution is 6.11. The standard InChI is InChI=1S/C22H29NO8/c1-6-12-29-18(19(24)28-7-2)22(26)17(16-13-30-21(3,4)31-16)23(20(22)25)14-8-10-15(27-5)11-9-14/h6,8-11,16-18,26H,1,7,12-13H2,2-5H3/t16?,17-,18-,22-/m0/s1. The third-order valence-electron chi connectivity index (χ3n) is 5.30. The van der Waals surface area contributed by atoms with Crippen molar-refractivity contribution >= 4 is 17.6 Å². The molecule has 2 aliphatic heterocycles. The van der Waals surface area contributed by atoms with E-state index in [0.29, 0.717) is 11.4 Å². The normalized spacial score (nSPS) is 28.0. The van der Waals surface area contributed by atoms with Crippen LogP contribution in [-0.4, -0.2) is 73.6 Å². The second-order valence-corrected chi connectivity index (χ2v) is 7.76. The number of hydrogen-bond donors (Lipinski definition) is 1. The molecule has 9 heteroatoms. The molecule has 0 aromatic heterocycles. The van der Waals surface area contributed by atoms with Gasteiger partial charge < -0.3 is 33.7 Å². The van der Waals surface area contributed by atoms with Gasteiger partial charge >= 0.3 is 5.97 Å². The van der Waals surface area contributed by atoms with Gasteiger partial charge in [0.15, 0.2) is 11.9 Å². The predicted octanol–water partition coefficient (Wildman–Crippen LogP) is 1.43. The second kappa shape index (κ2) is 8.96. The van der Waals surface area contributed by atoms with Crippen LogP contribution in [0, 0.1) is 0 Å². The van der Waals surface area contributed by atoms with E-state index in [2.05, 4.69) is 6.58 Å². The maximum atomic E-state index is 13.3. The van der Waals surface area contributed by atoms with Gasteiger partial charge in [0.2, 0.25) is 5.60 Å². The lowest BCUT2D eigenvalue weighted by Gasteiger charge is -2.56. The molecule has 2 saturated heterocycles. The predicted molar refractivity (Wildman–Crippen MR) is 111 cm³/mol. The van der Waals surface area contributed by atoms with Crippen molar-refractivity contribution in [1.29, 1.82) is 0 Å². The van der Waals surface area contributed by atoms with E-state index in [-0.39, 0.29) is 19.8 Å². The summed E-state index contributed by atoms with van der Waals surface area (Å²) in [4.78, 5) is 27.3. The summed E-state index contributed by atoms with van der Waals surface area (Å²) in [6.45, 7) is 8.81. The topological polar surface area (TPSA) is 104 Å². The number of carbonyl (C=O) groups is 2. The molecule has 1 unspecified atom stereocenters. The average Bonchev–Trinajstić information content (AvgIpc) is 3.10. The first-order valence-electron chi connectivity index (χ1n) is 10.1. The van der Waals surface area contributed by atoms with Gasteiger partial charge in [0.25, 0.3) is 5.91 Å². The highest BCUT2D eigenvalue weighted by Crippen LogP contribution is 2.44. The Hall–Kier alpha value is -2.46. The highest BCUT2D eigenvalue weighted by Gasteiger charge is 2.71. The maximum Gasteiger partial charge on any atom is 0.338 e. The molecule has 170 valence electrons. The number of ether oxygens (including phenoxy) is 5. The van der Waals surface area contributed by atoms with Gasteiger partial charge in [-0.15, -0.1) is 6.58 Å². The Labute approximate surface area is 181 Å². The summed E-state index contributed by atoms with van der Waals surface area (Å²) < 4.78 is 27.4. The zero-order valence-electron chi connectivity index (χ0n) is 18.2. The molecule has 0 spiro atoms. The molecule has 1 N–H and O–H groups in total. The van der Waals surface area contributed by atoms with Crippen molar-refractivity contribution in [3.63, 3.8) is 0 Å².